The molecule has 0 saturated heterocycles. The molecule has 0 aliphatic carbocycles. The summed E-state index contributed by atoms with van der Waals surface area (Å²) in [4.78, 5) is 28.8. The Bertz CT molecular complexity index is 1110. The second kappa shape index (κ2) is 8.79. The molecule has 6 rings (SSSR count). The third kappa shape index (κ3) is 4.40. The van der Waals surface area contributed by atoms with Crippen LogP contribution >= 0.6 is 0 Å². The van der Waals surface area contributed by atoms with Crippen LogP contribution < -0.4 is 10.2 Å². The van der Waals surface area contributed by atoms with Gasteiger partial charge in [-0.1, -0.05) is 19.4 Å². The molecule has 3 aromatic rings. The molecule has 1 amide bonds. The van der Waals surface area contributed by atoms with Crippen LogP contribution in [0, 0.1) is 0 Å². The van der Waals surface area contributed by atoms with E-state index in [1.54, 1.807) is 0 Å². The summed E-state index contributed by atoms with van der Waals surface area (Å²) >= 11 is 0. The lowest BCUT2D eigenvalue weighted by Crippen LogP contribution is -2.33. The quantitative estimate of drug-likeness (QED) is 0.593. The van der Waals surface area contributed by atoms with Crippen LogP contribution in [0.2, 0.25) is 0 Å². The number of fused-ring (bicyclic) bond motifs is 2. The molecular formula is C24H28N4O3. The Morgan fingerprint density at radius 3 is 2.71 bits per heavy atom. The number of pyridine rings is 1. The fourth-order valence-electron chi connectivity index (χ4n) is 4.40. The molecular weight excluding hydrogens is 392 g/mol. The summed E-state index contributed by atoms with van der Waals surface area (Å²) in [7, 11) is 0. The number of carboxylic acid groups (broad SMARTS) is 1. The first-order valence-electron chi connectivity index (χ1n) is 10.8. The van der Waals surface area contributed by atoms with Crippen molar-refractivity contribution in [2.75, 3.05) is 16.8 Å². The average molecular weight is 421 g/mol. The third-order valence-electron chi connectivity index (χ3n) is 5.77. The van der Waals surface area contributed by atoms with E-state index in [0.717, 1.165) is 29.4 Å². The topological polar surface area (TPSA) is 87.5 Å². The van der Waals surface area contributed by atoms with Crippen LogP contribution in [0.15, 0.2) is 42.6 Å². The number of carbonyl (C=O) groups excluding carboxylic acids is 1. The van der Waals surface area contributed by atoms with Crippen LogP contribution in [0.3, 0.4) is 0 Å². The minimum Gasteiger partial charge on any atom is -0.481 e. The van der Waals surface area contributed by atoms with Crippen LogP contribution in [-0.2, 0) is 16.0 Å². The van der Waals surface area contributed by atoms with E-state index in [-0.39, 0.29) is 18.4 Å². The van der Waals surface area contributed by atoms with Crippen molar-refractivity contribution in [2.24, 2.45) is 0 Å². The van der Waals surface area contributed by atoms with Gasteiger partial charge in [-0.15, -0.1) is 0 Å². The molecule has 4 bridgehead atoms. The van der Waals surface area contributed by atoms with Crippen molar-refractivity contribution in [3.05, 3.63) is 48.2 Å². The van der Waals surface area contributed by atoms with E-state index in [1.807, 2.05) is 35.0 Å². The number of nitrogens with zero attached hydrogens (tertiary/aromatic N) is 3. The lowest BCUT2D eigenvalue weighted by Gasteiger charge is -2.36. The highest BCUT2D eigenvalue weighted by Gasteiger charge is 2.28. The SMILES string of the molecule is CCCC(CC(=O)O)n1ccc2cc(NC(C)=O)ccc21.c1cc2c3nc1N3CCC2. The van der Waals surface area contributed by atoms with Gasteiger partial charge in [0.1, 0.15) is 11.6 Å². The molecule has 0 radical (unpaired) electrons. The maximum absolute atomic E-state index is 11.1. The van der Waals surface area contributed by atoms with Crippen LogP contribution in [0.5, 0.6) is 0 Å². The number of amides is 1. The molecule has 2 aromatic heterocycles. The largest absolute Gasteiger partial charge is 0.481 e. The van der Waals surface area contributed by atoms with Crippen molar-refractivity contribution < 1.29 is 14.7 Å². The summed E-state index contributed by atoms with van der Waals surface area (Å²) in [6.45, 7) is 4.71. The monoisotopic (exact) mass is 420 g/mol. The van der Waals surface area contributed by atoms with Gasteiger partial charge in [0, 0.05) is 42.3 Å². The van der Waals surface area contributed by atoms with Gasteiger partial charge in [-0.25, -0.2) is 4.98 Å². The molecule has 31 heavy (non-hydrogen) atoms. The summed E-state index contributed by atoms with van der Waals surface area (Å²) in [6, 6.07) is 11.9. The van der Waals surface area contributed by atoms with E-state index < -0.39 is 5.97 Å². The predicted octanol–water partition coefficient (Wildman–Crippen LogP) is 4.89. The molecule has 5 heterocycles. The minimum absolute atomic E-state index is 0.0448. The molecule has 1 aromatic carbocycles. The summed E-state index contributed by atoms with van der Waals surface area (Å²) < 4.78 is 2.02. The van der Waals surface area contributed by atoms with Gasteiger partial charge in [0.05, 0.1) is 6.42 Å². The number of benzene rings is 1. The number of carbonyl (C=O) groups is 2. The van der Waals surface area contributed by atoms with Gasteiger partial charge in [-0.2, -0.15) is 0 Å². The molecule has 1 unspecified atom stereocenters. The fourth-order valence-corrected chi connectivity index (χ4v) is 4.40. The highest BCUT2D eigenvalue weighted by atomic mass is 16.4. The highest BCUT2D eigenvalue weighted by Crippen LogP contribution is 2.39. The molecule has 162 valence electrons. The Morgan fingerprint density at radius 1 is 1.23 bits per heavy atom. The number of anilines is 3. The van der Waals surface area contributed by atoms with Crippen LogP contribution in [-0.4, -0.2) is 33.1 Å². The van der Waals surface area contributed by atoms with E-state index in [9.17, 15) is 9.59 Å². The van der Waals surface area contributed by atoms with Crippen LogP contribution in [0.4, 0.5) is 17.3 Å². The highest BCUT2D eigenvalue weighted by molar-refractivity contribution is 5.92. The van der Waals surface area contributed by atoms with Gasteiger partial charge >= 0.3 is 5.97 Å². The number of aliphatic carboxylic acids is 1. The van der Waals surface area contributed by atoms with Crippen molar-refractivity contribution in [1.82, 2.24) is 9.55 Å². The number of aryl methyl sites for hydroxylation is 1. The predicted molar refractivity (Wildman–Crippen MR) is 122 cm³/mol. The van der Waals surface area contributed by atoms with E-state index in [1.165, 1.54) is 43.5 Å². The molecule has 0 spiro atoms. The van der Waals surface area contributed by atoms with Crippen LogP contribution in [0.1, 0.15) is 51.1 Å². The van der Waals surface area contributed by atoms with E-state index in [4.69, 9.17) is 5.11 Å². The molecule has 0 fully saturated rings. The number of hydrogen-bond acceptors (Lipinski definition) is 4. The minimum atomic E-state index is -0.787. The Kier molecular flexibility index (Phi) is 5.93. The maximum Gasteiger partial charge on any atom is 0.305 e. The Labute approximate surface area is 181 Å². The first kappa shape index (κ1) is 20.9. The zero-order valence-electron chi connectivity index (χ0n) is 18.0. The molecule has 1 atom stereocenters. The maximum atomic E-state index is 11.1. The summed E-state index contributed by atoms with van der Waals surface area (Å²) in [5.41, 5.74) is 3.17. The number of hydrogen-bond donors (Lipinski definition) is 2. The Balaban J connectivity index is 0.000000188. The second-order valence-corrected chi connectivity index (χ2v) is 8.13. The molecule has 7 heteroatoms. The lowest BCUT2D eigenvalue weighted by molar-refractivity contribution is -0.138. The number of aromatic nitrogens is 2. The summed E-state index contributed by atoms with van der Waals surface area (Å²) in [5.74, 6) is 1.51. The standard InChI is InChI=1S/C16H20N2O3.C8H8N2/c1-3-4-14(10-16(20)21)18-8-7-12-9-13(17-11(2)19)5-6-15(12)18;1-2-6-3-4-7-9-8(6)10(7)5-1/h5-9,14H,3-4,10H2,1-2H3,(H,17,19)(H,20,21);3-4H,1-2,5H2. The van der Waals surface area contributed by atoms with Gasteiger partial charge in [0.25, 0.3) is 0 Å². The fraction of sp³-hybridized carbons (Fsp3) is 0.375. The number of carboxylic acids is 1. The second-order valence-electron chi connectivity index (χ2n) is 8.13. The van der Waals surface area contributed by atoms with Crippen molar-refractivity contribution in [2.45, 2.75) is 52.0 Å². The molecule has 7 nitrogen and oxygen atoms in total. The van der Waals surface area contributed by atoms with Gasteiger partial charge < -0.3 is 19.9 Å². The van der Waals surface area contributed by atoms with Gasteiger partial charge in [0.2, 0.25) is 5.91 Å². The third-order valence-corrected chi connectivity index (χ3v) is 5.77. The number of rotatable bonds is 6. The van der Waals surface area contributed by atoms with E-state index in [2.05, 4.69) is 34.3 Å². The molecule has 0 saturated carbocycles. The zero-order chi connectivity index (χ0) is 22.0. The van der Waals surface area contributed by atoms with Crippen LogP contribution in [0.25, 0.3) is 10.9 Å². The Hall–Kier alpha value is -3.35. The van der Waals surface area contributed by atoms with E-state index in [0.29, 0.717) is 0 Å². The Morgan fingerprint density at radius 2 is 2.06 bits per heavy atom. The first-order chi connectivity index (χ1) is 15.0. The molecule has 3 aliphatic rings. The van der Waals surface area contributed by atoms with Crippen molar-refractivity contribution in [3.63, 3.8) is 0 Å². The zero-order valence-corrected chi connectivity index (χ0v) is 18.0. The first-order valence-corrected chi connectivity index (χ1v) is 10.8. The summed E-state index contributed by atoms with van der Waals surface area (Å²) in [6.07, 6.45) is 6.31. The summed E-state index contributed by atoms with van der Waals surface area (Å²) in [5, 5.41) is 12.8. The van der Waals surface area contributed by atoms with Crippen molar-refractivity contribution in [3.8, 4) is 0 Å². The lowest BCUT2D eigenvalue weighted by atomic mass is 10.0. The number of nitrogens with one attached hydrogen (secondary N) is 1. The van der Waals surface area contributed by atoms with Gasteiger partial charge in [-0.3, -0.25) is 9.59 Å². The van der Waals surface area contributed by atoms with Gasteiger partial charge in [0.15, 0.2) is 0 Å². The smallest absolute Gasteiger partial charge is 0.305 e. The molecule has 2 N–H and O–H groups in total. The van der Waals surface area contributed by atoms with Gasteiger partial charge in [-0.05, 0) is 55.2 Å². The molecule has 3 aliphatic heterocycles. The normalized spacial score (nSPS) is 14.3. The van der Waals surface area contributed by atoms with Crippen molar-refractivity contribution in [1.29, 1.82) is 0 Å². The van der Waals surface area contributed by atoms with E-state index >= 15 is 0 Å². The van der Waals surface area contributed by atoms with Crippen molar-refractivity contribution >= 4 is 40.1 Å². The average Bonchev–Trinajstić information content (AvgIpc) is 3.13.